The first-order valence-electron chi connectivity index (χ1n) is 4.49. The molecule has 1 N–H and O–H groups in total. The van der Waals surface area contributed by atoms with Crippen molar-refractivity contribution in [3.8, 4) is 0 Å². The van der Waals surface area contributed by atoms with Crippen molar-refractivity contribution in [2.45, 2.75) is 32.3 Å². The number of hydrogen-bond acceptors (Lipinski definition) is 2. The Kier molecular flexibility index (Phi) is 1.97. The van der Waals surface area contributed by atoms with E-state index < -0.39 is 0 Å². The molecule has 1 atom stereocenters. The standard InChI is InChI=1S/C10H14OS/c1-2-10(4-5-10)9(11)8-3-6-12-7-8/h3,6-7,9,11H,2,4-5H2,1H3. The molecule has 1 nitrogen and oxygen atoms in total. The van der Waals surface area contributed by atoms with E-state index in [-0.39, 0.29) is 11.5 Å². The van der Waals surface area contributed by atoms with Gasteiger partial charge in [-0.2, -0.15) is 11.3 Å². The van der Waals surface area contributed by atoms with Gasteiger partial charge < -0.3 is 5.11 Å². The number of thiophene rings is 1. The summed E-state index contributed by atoms with van der Waals surface area (Å²) < 4.78 is 0. The van der Waals surface area contributed by atoms with Gasteiger partial charge in [-0.1, -0.05) is 6.92 Å². The van der Waals surface area contributed by atoms with Crippen molar-refractivity contribution in [3.63, 3.8) is 0 Å². The fourth-order valence-corrected chi connectivity index (χ4v) is 2.44. The second-order valence-electron chi connectivity index (χ2n) is 3.68. The van der Waals surface area contributed by atoms with E-state index in [1.807, 2.05) is 11.4 Å². The summed E-state index contributed by atoms with van der Waals surface area (Å²) >= 11 is 1.66. The van der Waals surface area contributed by atoms with Crippen LogP contribution >= 0.6 is 11.3 Å². The van der Waals surface area contributed by atoms with Crippen LogP contribution in [0.5, 0.6) is 0 Å². The van der Waals surface area contributed by atoms with Crippen molar-refractivity contribution >= 4 is 11.3 Å². The van der Waals surface area contributed by atoms with Crippen molar-refractivity contribution in [2.24, 2.45) is 5.41 Å². The van der Waals surface area contributed by atoms with E-state index in [1.54, 1.807) is 11.3 Å². The molecule has 0 radical (unpaired) electrons. The Labute approximate surface area is 77.0 Å². The average molecular weight is 182 g/mol. The fourth-order valence-electron chi connectivity index (χ4n) is 1.77. The molecule has 1 aliphatic carbocycles. The zero-order chi connectivity index (χ0) is 8.60. The van der Waals surface area contributed by atoms with Gasteiger partial charge in [-0.25, -0.2) is 0 Å². The average Bonchev–Trinajstić information content (AvgIpc) is 2.71. The highest BCUT2D eigenvalue weighted by atomic mass is 32.1. The number of aliphatic hydroxyl groups excluding tert-OH is 1. The summed E-state index contributed by atoms with van der Waals surface area (Å²) in [7, 11) is 0. The lowest BCUT2D eigenvalue weighted by atomic mass is 9.92. The lowest BCUT2D eigenvalue weighted by Crippen LogP contribution is -2.11. The van der Waals surface area contributed by atoms with E-state index >= 15 is 0 Å². The molecule has 12 heavy (non-hydrogen) atoms. The SMILES string of the molecule is CCC1(C(O)c2ccsc2)CC1. The molecular formula is C10H14OS. The first kappa shape index (κ1) is 8.27. The van der Waals surface area contributed by atoms with Gasteiger partial charge in [-0.15, -0.1) is 0 Å². The number of rotatable bonds is 3. The summed E-state index contributed by atoms with van der Waals surface area (Å²) in [6, 6.07) is 2.03. The minimum Gasteiger partial charge on any atom is -0.388 e. The molecule has 0 bridgehead atoms. The Morgan fingerprint density at radius 2 is 2.42 bits per heavy atom. The van der Waals surface area contributed by atoms with E-state index in [0.29, 0.717) is 0 Å². The third-order valence-corrected chi connectivity index (χ3v) is 3.74. The summed E-state index contributed by atoms with van der Waals surface area (Å²) in [4.78, 5) is 0. The van der Waals surface area contributed by atoms with Crippen molar-refractivity contribution in [1.29, 1.82) is 0 Å². The predicted molar refractivity (Wildman–Crippen MR) is 51.2 cm³/mol. The molecule has 1 fully saturated rings. The molecule has 0 saturated heterocycles. The fraction of sp³-hybridized carbons (Fsp3) is 0.600. The topological polar surface area (TPSA) is 20.2 Å². The van der Waals surface area contributed by atoms with Gasteiger partial charge in [0.2, 0.25) is 0 Å². The summed E-state index contributed by atoms with van der Waals surface area (Å²) in [6.45, 7) is 2.17. The molecule has 0 amide bonds. The quantitative estimate of drug-likeness (QED) is 0.762. The molecular weight excluding hydrogens is 168 g/mol. The van der Waals surface area contributed by atoms with Gasteiger partial charge in [0.15, 0.2) is 0 Å². The van der Waals surface area contributed by atoms with E-state index in [4.69, 9.17) is 0 Å². The smallest absolute Gasteiger partial charge is 0.0854 e. The maximum atomic E-state index is 10.0. The first-order valence-corrected chi connectivity index (χ1v) is 5.43. The van der Waals surface area contributed by atoms with Crippen LogP contribution in [0.15, 0.2) is 16.8 Å². The monoisotopic (exact) mass is 182 g/mol. The molecule has 1 unspecified atom stereocenters. The van der Waals surface area contributed by atoms with E-state index in [9.17, 15) is 5.11 Å². The van der Waals surface area contributed by atoms with Crippen LogP contribution in [0.1, 0.15) is 37.9 Å². The molecule has 1 aromatic rings. The van der Waals surface area contributed by atoms with Crippen LogP contribution in [0.4, 0.5) is 0 Å². The summed E-state index contributed by atoms with van der Waals surface area (Å²) in [5.74, 6) is 0. The highest BCUT2D eigenvalue weighted by Gasteiger charge is 2.47. The first-order chi connectivity index (χ1) is 5.78. The molecule has 1 saturated carbocycles. The third-order valence-electron chi connectivity index (χ3n) is 3.04. The highest BCUT2D eigenvalue weighted by Crippen LogP contribution is 2.57. The van der Waals surface area contributed by atoms with Crippen LogP contribution in [0, 0.1) is 5.41 Å². The van der Waals surface area contributed by atoms with Gasteiger partial charge >= 0.3 is 0 Å². The highest BCUT2D eigenvalue weighted by molar-refractivity contribution is 7.07. The van der Waals surface area contributed by atoms with Gasteiger partial charge in [0, 0.05) is 5.41 Å². The van der Waals surface area contributed by atoms with Crippen molar-refractivity contribution in [3.05, 3.63) is 22.4 Å². The molecule has 2 rings (SSSR count). The Morgan fingerprint density at radius 1 is 1.67 bits per heavy atom. The largest absolute Gasteiger partial charge is 0.388 e. The normalized spacial score (nSPS) is 22.2. The van der Waals surface area contributed by atoms with E-state index in [1.165, 1.54) is 12.8 Å². The van der Waals surface area contributed by atoms with Crippen molar-refractivity contribution in [2.75, 3.05) is 0 Å². The molecule has 1 aromatic heterocycles. The minimum atomic E-state index is -0.214. The molecule has 0 aliphatic heterocycles. The third kappa shape index (κ3) is 1.19. The summed E-state index contributed by atoms with van der Waals surface area (Å²) in [5.41, 5.74) is 1.35. The zero-order valence-corrected chi connectivity index (χ0v) is 8.10. The molecule has 0 spiro atoms. The molecule has 2 heteroatoms. The Hall–Kier alpha value is -0.340. The summed E-state index contributed by atoms with van der Waals surface area (Å²) in [6.07, 6.45) is 3.28. The molecule has 1 aliphatic rings. The lowest BCUT2D eigenvalue weighted by Gasteiger charge is -2.19. The van der Waals surface area contributed by atoms with Crippen LogP contribution in [0.2, 0.25) is 0 Å². The Balaban J connectivity index is 2.15. The second-order valence-corrected chi connectivity index (χ2v) is 4.46. The molecule has 66 valence electrons. The Morgan fingerprint density at radius 3 is 2.83 bits per heavy atom. The second kappa shape index (κ2) is 2.86. The minimum absolute atomic E-state index is 0.214. The lowest BCUT2D eigenvalue weighted by molar-refractivity contribution is 0.0906. The van der Waals surface area contributed by atoms with E-state index in [2.05, 4.69) is 12.3 Å². The predicted octanol–water partition coefficient (Wildman–Crippen LogP) is 2.97. The molecule has 1 heterocycles. The number of hydrogen-bond donors (Lipinski definition) is 1. The van der Waals surface area contributed by atoms with Crippen LogP contribution < -0.4 is 0 Å². The Bertz CT molecular complexity index is 249. The molecule has 0 aromatic carbocycles. The van der Waals surface area contributed by atoms with Gasteiger partial charge in [-0.3, -0.25) is 0 Å². The maximum absolute atomic E-state index is 10.0. The maximum Gasteiger partial charge on any atom is 0.0854 e. The van der Waals surface area contributed by atoms with Crippen molar-refractivity contribution in [1.82, 2.24) is 0 Å². The summed E-state index contributed by atoms with van der Waals surface area (Å²) in [5, 5.41) is 14.1. The van der Waals surface area contributed by atoms with Gasteiger partial charge in [0.1, 0.15) is 0 Å². The van der Waals surface area contributed by atoms with Crippen LogP contribution in [0.3, 0.4) is 0 Å². The van der Waals surface area contributed by atoms with Crippen LogP contribution in [-0.4, -0.2) is 5.11 Å². The zero-order valence-electron chi connectivity index (χ0n) is 7.29. The van der Waals surface area contributed by atoms with E-state index in [0.717, 1.165) is 12.0 Å². The number of aliphatic hydroxyl groups is 1. The van der Waals surface area contributed by atoms with Crippen LogP contribution in [-0.2, 0) is 0 Å². The van der Waals surface area contributed by atoms with Gasteiger partial charge in [0.05, 0.1) is 6.10 Å². The van der Waals surface area contributed by atoms with Gasteiger partial charge in [-0.05, 0) is 41.7 Å². The van der Waals surface area contributed by atoms with Crippen molar-refractivity contribution < 1.29 is 5.11 Å². The van der Waals surface area contributed by atoms with Crippen LogP contribution in [0.25, 0.3) is 0 Å². The van der Waals surface area contributed by atoms with Gasteiger partial charge in [0.25, 0.3) is 0 Å².